The summed E-state index contributed by atoms with van der Waals surface area (Å²) < 4.78 is 5.43. The molecule has 0 atom stereocenters. The number of furan rings is 1. The second kappa shape index (κ2) is 5.27. The third kappa shape index (κ3) is 2.62. The molecule has 1 aromatic heterocycles. The molecule has 1 saturated carbocycles. The summed E-state index contributed by atoms with van der Waals surface area (Å²) in [6.45, 7) is 0.686. The monoisotopic (exact) mass is 277 g/mol. The largest absolute Gasteiger partial charge is 0.467 e. The highest BCUT2D eigenvalue weighted by atomic mass is 35.5. The maximum Gasteiger partial charge on any atom is 0.123 e. The number of aliphatic hydroxyl groups is 1. The van der Waals surface area contributed by atoms with Gasteiger partial charge in [-0.15, -0.1) is 0 Å². The molecule has 2 aromatic rings. The van der Waals surface area contributed by atoms with E-state index in [9.17, 15) is 5.11 Å². The average Bonchev–Trinajstić information content (AvgIpc) is 3.14. The average molecular weight is 278 g/mol. The summed E-state index contributed by atoms with van der Waals surface area (Å²) >= 11 is 6.33. The second-order valence-electron chi connectivity index (χ2n) is 4.84. The Bertz CT molecular complexity index is 549. The molecule has 1 fully saturated rings. The van der Waals surface area contributed by atoms with Gasteiger partial charge >= 0.3 is 0 Å². The molecule has 19 heavy (non-hydrogen) atoms. The van der Waals surface area contributed by atoms with Crippen molar-refractivity contribution in [2.24, 2.45) is 0 Å². The number of nitrogens with zero attached hydrogens (tertiary/aromatic N) is 1. The van der Waals surface area contributed by atoms with Crippen LogP contribution in [0.25, 0.3) is 0 Å². The van der Waals surface area contributed by atoms with E-state index in [1.54, 1.807) is 6.26 Å². The minimum Gasteiger partial charge on any atom is -0.467 e. The maximum absolute atomic E-state index is 9.51. The van der Waals surface area contributed by atoms with Gasteiger partial charge in [0, 0.05) is 11.6 Å². The Morgan fingerprint density at radius 1 is 1.26 bits per heavy atom. The summed E-state index contributed by atoms with van der Waals surface area (Å²) in [7, 11) is 0. The van der Waals surface area contributed by atoms with Crippen LogP contribution in [-0.4, -0.2) is 11.1 Å². The van der Waals surface area contributed by atoms with Crippen LogP contribution in [0.4, 0.5) is 5.69 Å². The molecule has 0 saturated heterocycles. The third-order valence-corrected chi connectivity index (χ3v) is 3.73. The number of aliphatic hydroxyl groups excluding tert-OH is 1. The Labute approximate surface area is 117 Å². The number of hydrogen-bond donors (Lipinski definition) is 1. The van der Waals surface area contributed by atoms with Gasteiger partial charge in [-0.3, -0.25) is 0 Å². The van der Waals surface area contributed by atoms with Crippen molar-refractivity contribution in [2.45, 2.75) is 32.0 Å². The SMILES string of the molecule is OCc1cccc(Cl)c1N(Cc1ccco1)C1CC1. The molecule has 1 aliphatic rings. The summed E-state index contributed by atoms with van der Waals surface area (Å²) in [5.74, 6) is 0.913. The van der Waals surface area contributed by atoms with Gasteiger partial charge in [-0.2, -0.15) is 0 Å². The standard InChI is InChI=1S/C15H16ClNO2/c16-14-5-1-3-11(10-18)15(14)17(12-6-7-12)9-13-4-2-8-19-13/h1-5,8,12,18H,6-7,9-10H2. The molecule has 1 aliphatic carbocycles. The molecular formula is C15H16ClNO2. The van der Waals surface area contributed by atoms with Crippen molar-refractivity contribution in [1.82, 2.24) is 0 Å². The van der Waals surface area contributed by atoms with Crippen molar-refractivity contribution in [3.8, 4) is 0 Å². The topological polar surface area (TPSA) is 36.6 Å². The van der Waals surface area contributed by atoms with E-state index in [0.29, 0.717) is 17.6 Å². The fourth-order valence-electron chi connectivity index (χ4n) is 2.36. The normalized spacial score (nSPS) is 14.6. The molecule has 100 valence electrons. The number of rotatable bonds is 5. The molecular weight excluding hydrogens is 262 g/mol. The van der Waals surface area contributed by atoms with Gasteiger partial charge < -0.3 is 14.4 Å². The zero-order valence-corrected chi connectivity index (χ0v) is 11.3. The highest BCUT2D eigenvalue weighted by molar-refractivity contribution is 6.33. The van der Waals surface area contributed by atoms with Crippen LogP contribution in [0.15, 0.2) is 41.0 Å². The summed E-state index contributed by atoms with van der Waals surface area (Å²) in [5.41, 5.74) is 1.80. The highest BCUT2D eigenvalue weighted by Gasteiger charge is 2.32. The quantitative estimate of drug-likeness (QED) is 0.907. The molecule has 0 amide bonds. The van der Waals surface area contributed by atoms with Crippen LogP contribution in [0.3, 0.4) is 0 Å². The first-order valence-electron chi connectivity index (χ1n) is 6.47. The van der Waals surface area contributed by atoms with Gasteiger partial charge in [0.05, 0.1) is 30.1 Å². The number of anilines is 1. The first-order chi connectivity index (χ1) is 9.29. The molecule has 0 aliphatic heterocycles. The van der Waals surface area contributed by atoms with Crippen molar-refractivity contribution >= 4 is 17.3 Å². The number of benzene rings is 1. The molecule has 0 spiro atoms. The number of hydrogen-bond acceptors (Lipinski definition) is 3. The predicted octanol–water partition coefficient (Wildman–Crippen LogP) is 3.59. The summed E-state index contributed by atoms with van der Waals surface area (Å²) in [6.07, 6.45) is 4.01. The van der Waals surface area contributed by atoms with Crippen molar-refractivity contribution < 1.29 is 9.52 Å². The molecule has 3 nitrogen and oxygen atoms in total. The van der Waals surface area contributed by atoms with E-state index in [1.807, 2.05) is 30.3 Å². The Morgan fingerprint density at radius 3 is 2.74 bits per heavy atom. The maximum atomic E-state index is 9.51. The minimum absolute atomic E-state index is 0.00271. The predicted molar refractivity (Wildman–Crippen MR) is 75.3 cm³/mol. The molecule has 0 bridgehead atoms. The van der Waals surface area contributed by atoms with Crippen molar-refractivity contribution in [3.05, 3.63) is 52.9 Å². The summed E-state index contributed by atoms with van der Waals surface area (Å²) in [5, 5.41) is 10.2. The van der Waals surface area contributed by atoms with Crippen LogP contribution >= 0.6 is 11.6 Å². The van der Waals surface area contributed by atoms with E-state index < -0.39 is 0 Å². The zero-order valence-electron chi connectivity index (χ0n) is 10.6. The fourth-order valence-corrected chi connectivity index (χ4v) is 2.66. The molecule has 0 radical (unpaired) electrons. The number of halogens is 1. The van der Waals surface area contributed by atoms with Crippen molar-refractivity contribution in [1.29, 1.82) is 0 Å². The fraction of sp³-hybridized carbons (Fsp3) is 0.333. The Hall–Kier alpha value is -1.45. The van der Waals surface area contributed by atoms with Crippen LogP contribution in [-0.2, 0) is 13.2 Å². The second-order valence-corrected chi connectivity index (χ2v) is 5.25. The van der Waals surface area contributed by atoms with Gasteiger partial charge in [-0.1, -0.05) is 23.7 Å². The molecule has 3 rings (SSSR count). The van der Waals surface area contributed by atoms with Crippen LogP contribution in [0, 0.1) is 0 Å². The van der Waals surface area contributed by atoms with Crippen molar-refractivity contribution in [2.75, 3.05) is 4.90 Å². The number of para-hydroxylation sites is 1. The van der Waals surface area contributed by atoms with E-state index >= 15 is 0 Å². The molecule has 0 unspecified atom stereocenters. The molecule has 4 heteroatoms. The Morgan fingerprint density at radius 2 is 2.11 bits per heavy atom. The molecule has 1 aromatic carbocycles. The highest BCUT2D eigenvalue weighted by Crippen LogP contribution is 2.39. The summed E-state index contributed by atoms with van der Waals surface area (Å²) in [6, 6.07) is 10.0. The van der Waals surface area contributed by atoms with Crippen molar-refractivity contribution in [3.63, 3.8) is 0 Å². The minimum atomic E-state index is -0.00271. The lowest BCUT2D eigenvalue weighted by Gasteiger charge is -2.27. The van der Waals surface area contributed by atoms with Crippen LogP contribution in [0.5, 0.6) is 0 Å². The Kier molecular flexibility index (Phi) is 3.49. The summed E-state index contributed by atoms with van der Waals surface area (Å²) in [4.78, 5) is 2.24. The van der Waals surface area contributed by atoms with Gasteiger partial charge in [0.25, 0.3) is 0 Å². The molecule has 1 N–H and O–H groups in total. The van der Waals surface area contributed by atoms with Gasteiger partial charge in [0.15, 0.2) is 0 Å². The van der Waals surface area contributed by atoms with Gasteiger partial charge in [0.1, 0.15) is 5.76 Å². The van der Waals surface area contributed by atoms with E-state index in [4.69, 9.17) is 16.0 Å². The molecule has 1 heterocycles. The zero-order chi connectivity index (χ0) is 13.2. The first kappa shape index (κ1) is 12.6. The smallest absolute Gasteiger partial charge is 0.123 e. The Balaban J connectivity index is 1.96. The lowest BCUT2D eigenvalue weighted by molar-refractivity contribution is 0.282. The van der Waals surface area contributed by atoms with Gasteiger partial charge in [-0.25, -0.2) is 0 Å². The van der Waals surface area contributed by atoms with Crippen LogP contribution in [0.2, 0.25) is 5.02 Å². The van der Waals surface area contributed by atoms with Gasteiger partial charge in [-0.05, 0) is 31.0 Å². The van der Waals surface area contributed by atoms with E-state index in [2.05, 4.69) is 4.90 Å². The third-order valence-electron chi connectivity index (χ3n) is 3.42. The van der Waals surface area contributed by atoms with E-state index in [1.165, 1.54) is 0 Å². The lowest BCUT2D eigenvalue weighted by atomic mass is 10.1. The lowest BCUT2D eigenvalue weighted by Crippen LogP contribution is -2.26. The van der Waals surface area contributed by atoms with Crippen LogP contribution < -0.4 is 4.90 Å². The van der Waals surface area contributed by atoms with Gasteiger partial charge in [0.2, 0.25) is 0 Å². The van der Waals surface area contributed by atoms with Crippen LogP contribution in [0.1, 0.15) is 24.2 Å². The first-order valence-corrected chi connectivity index (χ1v) is 6.84. The van der Waals surface area contributed by atoms with E-state index in [-0.39, 0.29) is 6.61 Å². The van der Waals surface area contributed by atoms with E-state index in [0.717, 1.165) is 29.9 Å².